The number of fused-ring (bicyclic) bond motifs is 2. The molecule has 0 aromatic heterocycles. The molecule has 5 nitrogen and oxygen atoms in total. The third kappa shape index (κ3) is 3.70. The molecule has 128 valence electrons. The summed E-state index contributed by atoms with van der Waals surface area (Å²) in [6, 6.07) is 1.99. The van der Waals surface area contributed by atoms with E-state index in [-0.39, 0.29) is 24.1 Å². The summed E-state index contributed by atoms with van der Waals surface area (Å²) in [5, 5.41) is 22.2. The van der Waals surface area contributed by atoms with Crippen molar-refractivity contribution in [2.45, 2.75) is 69.4 Å². The lowest BCUT2D eigenvalue weighted by molar-refractivity contribution is -0.130. The summed E-state index contributed by atoms with van der Waals surface area (Å²) in [5.41, 5.74) is -0.0831. The number of carbonyl (C=O) groups is 1. The summed E-state index contributed by atoms with van der Waals surface area (Å²) in [6.07, 6.45) is 9.87. The number of hydrogen-bond donors (Lipinski definition) is 2. The van der Waals surface area contributed by atoms with Crippen LogP contribution in [-0.2, 0) is 4.79 Å². The maximum absolute atomic E-state index is 12.5. The lowest BCUT2D eigenvalue weighted by atomic mass is 9.63. The Balaban J connectivity index is 1.61. The monoisotopic (exact) mass is 319 g/mol. The molecule has 23 heavy (non-hydrogen) atoms. The Kier molecular flexibility index (Phi) is 5.23. The first-order valence-electron chi connectivity index (χ1n) is 9.21. The fourth-order valence-electron chi connectivity index (χ4n) is 5.18. The molecule has 2 aliphatic carbocycles. The van der Waals surface area contributed by atoms with Crippen molar-refractivity contribution in [2.24, 2.45) is 11.8 Å². The SMILES string of the molecule is N#C[C@@H]1CCCN1C(=O)CNC1(CCO)CC2CCCC(C2)C1. The zero-order valence-electron chi connectivity index (χ0n) is 14.0. The molecule has 1 heterocycles. The van der Waals surface area contributed by atoms with Crippen molar-refractivity contribution in [1.29, 1.82) is 5.26 Å². The molecular weight excluding hydrogens is 290 g/mol. The number of nitrogens with zero attached hydrogens (tertiary/aromatic N) is 2. The standard InChI is InChI=1S/C18H29N3O2/c19-12-16-5-2-7-21(16)17(23)13-20-18(6-8-22)10-14-3-1-4-15(9-14)11-18/h14-16,20,22H,1-11,13H2/t14?,15?,16-,18?/m0/s1. The molecule has 2 saturated carbocycles. The second-order valence-corrected chi connectivity index (χ2v) is 7.79. The van der Waals surface area contributed by atoms with E-state index in [1.54, 1.807) is 4.90 Å². The number of aliphatic hydroxyl groups excluding tert-OH is 1. The summed E-state index contributed by atoms with van der Waals surface area (Å²) in [5.74, 6) is 1.53. The first-order chi connectivity index (χ1) is 11.2. The lowest BCUT2D eigenvalue weighted by Crippen LogP contribution is -2.55. The van der Waals surface area contributed by atoms with Gasteiger partial charge in [0.25, 0.3) is 0 Å². The Morgan fingerprint density at radius 1 is 1.26 bits per heavy atom. The van der Waals surface area contributed by atoms with E-state index in [1.807, 2.05) is 0 Å². The molecule has 3 rings (SSSR count). The molecule has 1 aliphatic heterocycles. The average molecular weight is 319 g/mol. The van der Waals surface area contributed by atoms with Crippen molar-refractivity contribution >= 4 is 5.91 Å². The van der Waals surface area contributed by atoms with Gasteiger partial charge >= 0.3 is 0 Å². The average Bonchev–Trinajstić information content (AvgIpc) is 3.01. The number of amides is 1. The smallest absolute Gasteiger partial charge is 0.237 e. The van der Waals surface area contributed by atoms with Gasteiger partial charge in [0.05, 0.1) is 12.6 Å². The third-order valence-corrected chi connectivity index (χ3v) is 6.18. The van der Waals surface area contributed by atoms with Crippen LogP contribution in [-0.4, -0.2) is 47.2 Å². The van der Waals surface area contributed by atoms with Crippen LogP contribution in [0.15, 0.2) is 0 Å². The van der Waals surface area contributed by atoms with Gasteiger partial charge in [-0.05, 0) is 50.4 Å². The minimum Gasteiger partial charge on any atom is -0.396 e. The van der Waals surface area contributed by atoms with Gasteiger partial charge in [-0.3, -0.25) is 4.79 Å². The van der Waals surface area contributed by atoms with Crippen molar-refractivity contribution in [2.75, 3.05) is 19.7 Å². The second-order valence-electron chi connectivity index (χ2n) is 7.79. The van der Waals surface area contributed by atoms with Crippen LogP contribution in [0.4, 0.5) is 0 Å². The Morgan fingerprint density at radius 3 is 2.65 bits per heavy atom. The Labute approximate surface area is 139 Å². The summed E-state index contributed by atoms with van der Waals surface area (Å²) in [7, 11) is 0. The molecular formula is C18H29N3O2. The summed E-state index contributed by atoms with van der Waals surface area (Å²) in [6.45, 7) is 1.18. The van der Waals surface area contributed by atoms with Gasteiger partial charge in [0, 0.05) is 18.7 Å². The van der Waals surface area contributed by atoms with Crippen molar-refractivity contribution in [1.82, 2.24) is 10.2 Å². The molecule has 0 radical (unpaired) electrons. The predicted molar refractivity (Wildman–Crippen MR) is 87.5 cm³/mol. The number of rotatable bonds is 5. The van der Waals surface area contributed by atoms with E-state index in [0.717, 1.165) is 43.9 Å². The van der Waals surface area contributed by atoms with Crippen molar-refractivity contribution in [3.63, 3.8) is 0 Å². The van der Waals surface area contributed by atoms with E-state index in [9.17, 15) is 9.90 Å². The first kappa shape index (κ1) is 16.7. The quantitative estimate of drug-likeness (QED) is 0.810. The van der Waals surface area contributed by atoms with Gasteiger partial charge in [-0.15, -0.1) is 0 Å². The highest BCUT2D eigenvalue weighted by Gasteiger charge is 2.42. The van der Waals surface area contributed by atoms with Gasteiger partial charge in [-0.1, -0.05) is 19.3 Å². The lowest BCUT2D eigenvalue weighted by Gasteiger charge is -2.48. The van der Waals surface area contributed by atoms with Crippen LogP contribution in [0.25, 0.3) is 0 Å². The van der Waals surface area contributed by atoms with Crippen molar-refractivity contribution in [3.05, 3.63) is 0 Å². The number of aliphatic hydroxyl groups is 1. The van der Waals surface area contributed by atoms with E-state index in [1.165, 1.54) is 25.7 Å². The summed E-state index contributed by atoms with van der Waals surface area (Å²) in [4.78, 5) is 14.2. The van der Waals surface area contributed by atoms with Gasteiger partial charge in [0.15, 0.2) is 0 Å². The second kappa shape index (κ2) is 7.19. The van der Waals surface area contributed by atoms with Gasteiger partial charge in [0.2, 0.25) is 5.91 Å². The van der Waals surface area contributed by atoms with E-state index in [0.29, 0.717) is 13.1 Å². The maximum Gasteiger partial charge on any atom is 0.237 e. The molecule has 0 aromatic carbocycles. The van der Waals surface area contributed by atoms with Gasteiger partial charge in [-0.25, -0.2) is 0 Å². The Hall–Kier alpha value is -1.12. The number of carbonyl (C=O) groups excluding carboxylic acids is 1. The van der Waals surface area contributed by atoms with Crippen LogP contribution in [0.1, 0.15) is 57.8 Å². The van der Waals surface area contributed by atoms with Crippen LogP contribution in [0.3, 0.4) is 0 Å². The zero-order chi connectivity index (χ0) is 16.3. The van der Waals surface area contributed by atoms with Crippen LogP contribution in [0.5, 0.6) is 0 Å². The van der Waals surface area contributed by atoms with E-state index in [2.05, 4.69) is 11.4 Å². The predicted octanol–water partition coefficient (Wildman–Crippen LogP) is 1.81. The highest BCUT2D eigenvalue weighted by atomic mass is 16.3. The molecule has 0 aromatic rings. The molecule has 3 atom stereocenters. The molecule has 2 unspecified atom stereocenters. The molecule has 0 spiro atoms. The number of nitrogens with one attached hydrogen (secondary N) is 1. The molecule has 2 N–H and O–H groups in total. The van der Waals surface area contributed by atoms with Crippen LogP contribution >= 0.6 is 0 Å². The number of nitriles is 1. The van der Waals surface area contributed by atoms with Crippen molar-refractivity contribution in [3.8, 4) is 6.07 Å². The zero-order valence-corrected chi connectivity index (χ0v) is 14.0. The maximum atomic E-state index is 12.5. The van der Waals surface area contributed by atoms with Gasteiger partial charge in [0.1, 0.15) is 6.04 Å². The third-order valence-electron chi connectivity index (χ3n) is 6.18. The van der Waals surface area contributed by atoms with Crippen LogP contribution < -0.4 is 5.32 Å². The van der Waals surface area contributed by atoms with E-state index >= 15 is 0 Å². The topological polar surface area (TPSA) is 76.4 Å². The van der Waals surface area contributed by atoms with E-state index < -0.39 is 0 Å². The van der Waals surface area contributed by atoms with Crippen LogP contribution in [0.2, 0.25) is 0 Å². The first-order valence-corrected chi connectivity index (χ1v) is 9.21. The fraction of sp³-hybridized carbons (Fsp3) is 0.889. The fourth-order valence-corrected chi connectivity index (χ4v) is 5.18. The summed E-state index contributed by atoms with van der Waals surface area (Å²) < 4.78 is 0. The minimum absolute atomic E-state index is 0.0436. The normalized spacial score (nSPS) is 36.7. The largest absolute Gasteiger partial charge is 0.396 e. The molecule has 1 amide bonds. The Morgan fingerprint density at radius 2 is 2.00 bits per heavy atom. The summed E-state index contributed by atoms with van der Waals surface area (Å²) >= 11 is 0. The molecule has 1 saturated heterocycles. The van der Waals surface area contributed by atoms with Gasteiger partial charge in [-0.2, -0.15) is 5.26 Å². The molecule has 3 fully saturated rings. The van der Waals surface area contributed by atoms with Gasteiger partial charge < -0.3 is 15.3 Å². The van der Waals surface area contributed by atoms with Crippen molar-refractivity contribution < 1.29 is 9.90 Å². The van der Waals surface area contributed by atoms with Crippen LogP contribution in [0, 0.1) is 23.2 Å². The highest BCUT2D eigenvalue weighted by molar-refractivity contribution is 5.79. The highest BCUT2D eigenvalue weighted by Crippen LogP contribution is 2.45. The van der Waals surface area contributed by atoms with E-state index in [4.69, 9.17) is 5.26 Å². The molecule has 5 heteroatoms. The minimum atomic E-state index is -0.246. The molecule has 3 aliphatic rings. The molecule has 2 bridgehead atoms. The number of hydrogen-bond acceptors (Lipinski definition) is 4. The number of likely N-dealkylation sites (tertiary alicyclic amines) is 1. The Bertz CT molecular complexity index is 461.